The molecule has 0 unspecified atom stereocenters. The Bertz CT molecular complexity index is 696. The predicted molar refractivity (Wildman–Crippen MR) is 72.5 cm³/mol. The number of halogens is 1. The van der Waals surface area contributed by atoms with E-state index in [0.29, 0.717) is 17.4 Å². The number of hydrogen-bond acceptors (Lipinski definition) is 6. The summed E-state index contributed by atoms with van der Waals surface area (Å²) in [5.41, 5.74) is 0.0350. The van der Waals surface area contributed by atoms with Crippen LogP contribution >= 0.6 is 15.9 Å². The molecule has 0 atom stereocenters. The van der Waals surface area contributed by atoms with Crippen LogP contribution in [-0.4, -0.2) is 21.7 Å². The van der Waals surface area contributed by atoms with Crippen molar-refractivity contribution in [1.82, 2.24) is 9.97 Å². The average molecular weight is 327 g/mol. The highest BCUT2D eigenvalue weighted by atomic mass is 79.9. The van der Waals surface area contributed by atoms with E-state index in [1.807, 2.05) is 6.92 Å². The smallest absolute Gasteiger partial charge is 0.352 e. The lowest BCUT2D eigenvalue weighted by atomic mass is 10.1. The number of fused-ring (bicyclic) bond motifs is 1. The van der Waals surface area contributed by atoms with Crippen molar-refractivity contribution >= 4 is 27.0 Å². The quantitative estimate of drug-likeness (QED) is 0.867. The highest BCUT2D eigenvalue weighted by molar-refractivity contribution is 9.10. The van der Waals surface area contributed by atoms with E-state index >= 15 is 0 Å². The van der Waals surface area contributed by atoms with Crippen LogP contribution in [0, 0.1) is 0 Å². The van der Waals surface area contributed by atoms with Crippen molar-refractivity contribution in [3.05, 3.63) is 33.1 Å². The summed E-state index contributed by atoms with van der Waals surface area (Å²) in [7, 11) is 0. The first kappa shape index (κ1) is 13.5. The van der Waals surface area contributed by atoms with Gasteiger partial charge in [-0.1, -0.05) is 19.6 Å². The van der Waals surface area contributed by atoms with E-state index in [2.05, 4.69) is 32.5 Å². The van der Waals surface area contributed by atoms with Gasteiger partial charge in [-0.3, -0.25) is 0 Å². The molecule has 0 fully saturated rings. The summed E-state index contributed by atoms with van der Waals surface area (Å²) in [5.74, 6) is -0.287. The molecule has 0 aromatic carbocycles. The first-order valence-electron chi connectivity index (χ1n) is 5.54. The molecule has 100 valence electrons. The number of nitrogens with zero attached hydrogens (tertiary/aromatic N) is 2. The van der Waals surface area contributed by atoms with Crippen molar-refractivity contribution in [1.29, 1.82) is 0 Å². The number of hydrogen-bond donors (Lipinski definition) is 1. The van der Waals surface area contributed by atoms with Crippen LogP contribution in [-0.2, 0) is 6.42 Å². The first-order valence-corrected chi connectivity index (χ1v) is 6.33. The van der Waals surface area contributed by atoms with Crippen LogP contribution in [0.2, 0.25) is 0 Å². The van der Waals surface area contributed by atoms with Gasteiger partial charge in [-0.25, -0.2) is 4.79 Å². The van der Waals surface area contributed by atoms with Gasteiger partial charge in [-0.2, -0.15) is 9.97 Å². The van der Waals surface area contributed by atoms with Crippen molar-refractivity contribution < 1.29 is 14.3 Å². The van der Waals surface area contributed by atoms with Crippen molar-refractivity contribution in [3.8, 4) is 11.9 Å². The van der Waals surface area contributed by atoms with E-state index in [1.165, 1.54) is 6.08 Å². The lowest BCUT2D eigenvalue weighted by molar-refractivity contribution is 0.324. The number of rotatable bonds is 4. The summed E-state index contributed by atoms with van der Waals surface area (Å²) in [4.78, 5) is 19.4. The average Bonchev–Trinajstić information content (AvgIpc) is 2.38. The molecule has 2 rings (SSSR count). The van der Waals surface area contributed by atoms with Gasteiger partial charge in [0.05, 0.1) is 0 Å². The van der Waals surface area contributed by atoms with Gasteiger partial charge in [0.1, 0.15) is 16.5 Å². The predicted octanol–water partition coefficient (Wildman–Crippen LogP) is 2.18. The van der Waals surface area contributed by atoms with Crippen LogP contribution in [0.5, 0.6) is 11.9 Å². The van der Waals surface area contributed by atoms with Crippen LogP contribution in [0.15, 0.2) is 26.3 Å². The van der Waals surface area contributed by atoms with E-state index in [-0.39, 0.29) is 28.7 Å². The summed E-state index contributed by atoms with van der Waals surface area (Å²) in [6, 6.07) is -0.0718. The van der Waals surface area contributed by atoms with Gasteiger partial charge in [0.25, 0.3) is 0 Å². The molecule has 7 heteroatoms. The maximum absolute atomic E-state index is 11.6. The third-order valence-corrected chi connectivity index (χ3v) is 3.26. The first-order chi connectivity index (χ1) is 9.08. The minimum atomic E-state index is -0.558. The standard InChI is InChI=1S/C12H11BrN2O4/c1-3-5-18-12-14-9(16)7-6(4-2)8(13)11(17)19-10(7)15-12/h3H,1,4-5H2,2H3,(H,14,15,16). The Labute approximate surface area is 116 Å². The lowest BCUT2D eigenvalue weighted by Gasteiger charge is -2.07. The van der Waals surface area contributed by atoms with Gasteiger partial charge in [-0.05, 0) is 27.9 Å². The SMILES string of the molecule is C=CCOc1nc(O)c2c(CC)c(Br)c(=O)oc2n1. The molecule has 2 aromatic heterocycles. The molecule has 0 aliphatic rings. The Balaban J connectivity index is 2.72. The topological polar surface area (TPSA) is 85.5 Å². The third-order valence-electron chi connectivity index (χ3n) is 2.46. The Morgan fingerprint density at radius 2 is 2.26 bits per heavy atom. The molecule has 0 saturated carbocycles. The zero-order valence-corrected chi connectivity index (χ0v) is 11.7. The molecule has 0 radical (unpaired) electrons. The molecular weight excluding hydrogens is 316 g/mol. The summed E-state index contributed by atoms with van der Waals surface area (Å²) < 4.78 is 10.4. The molecule has 0 saturated heterocycles. The molecule has 19 heavy (non-hydrogen) atoms. The summed E-state index contributed by atoms with van der Waals surface area (Å²) in [6.07, 6.45) is 2.03. The minimum absolute atomic E-state index is 0.00314. The molecular formula is C12H11BrN2O4. The molecule has 0 aliphatic carbocycles. The molecule has 0 amide bonds. The fraction of sp³-hybridized carbons (Fsp3) is 0.250. The summed E-state index contributed by atoms with van der Waals surface area (Å²) >= 11 is 3.14. The highest BCUT2D eigenvalue weighted by Crippen LogP contribution is 2.30. The largest absolute Gasteiger partial charge is 0.493 e. The van der Waals surface area contributed by atoms with Crippen molar-refractivity contribution in [2.75, 3.05) is 6.61 Å². The van der Waals surface area contributed by atoms with Gasteiger partial charge in [0.2, 0.25) is 11.6 Å². The van der Waals surface area contributed by atoms with Crippen LogP contribution in [0.3, 0.4) is 0 Å². The number of aromatic hydroxyl groups is 1. The van der Waals surface area contributed by atoms with E-state index < -0.39 is 5.63 Å². The maximum atomic E-state index is 11.6. The molecule has 6 nitrogen and oxygen atoms in total. The molecule has 0 spiro atoms. The van der Waals surface area contributed by atoms with Crippen LogP contribution in [0.1, 0.15) is 12.5 Å². The fourth-order valence-corrected chi connectivity index (χ4v) is 2.20. The number of aryl methyl sites for hydroxylation is 1. The Morgan fingerprint density at radius 3 is 2.89 bits per heavy atom. The van der Waals surface area contributed by atoms with Gasteiger partial charge < -0.3 is 14.3 Å². The molecule has 0 bridgehead atoms. The number of ether oxygens (including phenoxy) is 1. The van der Waals surface area contributed by atoms with Gasteiger partial charge in [0, 0.05) is 0 Å². The van der Waals surface area contributed by atoms with E-state index in [0.717, 1.165) is 0 Å². The lowest BCUT2D eigenvalue weighted by Crippen LogP contribution is -2.07. The molecule has 0 aliphatic heterocycles. The van der Waals surface area contributed by atoms with E-state index in [4.69, 9.17) is 9.15 Å². The zero-order chi connectivity index (χ0) is 14.0. The van der Waals surface area contributed by atoms with Gasteiger partial charge in [0.15, 0.2) is 0 Å². The van der Waals surface area contributed by atoms with Gasteiger partial charge >= 0.3 is 11.6 Å². The van der Waals surface area contributed by atoms with Crippen molar-refractivity contribution in [2.24, 2.45) is 0 Å². The Kier molecular flexibility index (Phi) is 3.84. The van der Waals surface area contributed by atoms with E-state index in [1.54, 1.807) is 0 Å². The molecule has 1 N–H and O–H groups in total. The molecule has 2 heterocycles. The van der Waals surface area contributed by atoms with Crippen LogP contribution in [0.4, 0.5) is 0 Å². The van der Waals surface area contributed by atoms with Gasteiger partial charge in [-0.15, -0.1) is 0 Å². The van der Waals surface area contributed by atoms with Crippen molar-refractivity contribution in [2.45, 2.75) is 13.3 Å². The second kappa shape index (κ2) is 5.40. The monoisotopic (exact) mass is 326 g/mol. The van der Waals surface area contributed by atoms with Crippen molar-refractivity contribution in [3.63, 3.8) is 0 Å². The highest BCUT2D eigenvalue weighted by Gasteiger charge is 2.18. The summed E-state index contributed by atoms with van der Waals surface area (Å²) in [6.45, 7) is 5.53. The Hall–Kier alpha value is -1.89. The molecule has 2 aromatic rings. The minimum Gasteiger partial charge on any atom is -0.493 e. The normalized spacial score (nSPS) is 10.6. The van der Waals surface area contributed by atoms with Crippen LogP contribution < -0.4 is 10.4 Å². The Morgan fingerprint density at radius 1 is 1.53 bits per heavy atom. The second-order valence-corrected chi connectivity index (χ2v) is 4.44. The third kappa shape index (κ3) is 2.46. The van der Waals surface area contributed by atoms with E-state index in [9.17, 15) is 9.90 Å². The number of aromatic nitrogens is 2. The maximum Gasteiger partial charge on any atom is 0.352 e. The second-order valence-electron chi connectivity index (χ2n) is 3.65. The summed E-state index contributed by atoms with van der Waals surface area (Å²) in [5, 5.41) is 10.2. The fourth-order valence-electron chi connectivity index (χ4n) is 1.64. The van der Waals surface area contributed by atoms with Crippen LogP contribution in [0.25, 0.3) is 11.1 Å². The zero-order valence-electron chi connectivity index (χ0n) is 10.1.